The lowest BCUT2D eigenvalue weighted by Gasteiger charge is -2.32. The van der Waals surface area contributed by atoms with E-state index in [1.165, 1.54) is 20.0 Å². The van der Waals surface area contributed by atoms with E-state index >= 15 is 4.39 Å². The number of pyridine rings is 1. The van der Waals surface area contributed by atoms with Gasteiger partial charge in [-0.05, 0) is 104 Å². The first kappa shape index (κ1) is 51.1. The van der Waals surface area contributed by atoms with Gasteiger partial charge >= 0.3 is 0 Å². The van der Waals surface area contributed by atoms with Gasteiger partial charge in [-0.2, -0.15) is 5.26 Å². The average Bonchev–Trinajstić information content (AvgIpc) is 3.28. The van der Waals surface area contributed by atoms with E-state index in [9.17, 15) is 24.0 Å². The van der Waals surface area contributed by atoms with Gasteiger partial charge in [0.25, 0.3) is 5.91 Å². The largest absolute Gasteiger partial charge is 0.492 e. The molecule has 1 aliphatic rings. The number of halogens is 1. The fourth-order valence-electron chi connectivity index (χ4n) is 7.86. The third kappa shape index (κ3) is 12.3. The van der Waals surface area contributed by atoms with Crippen LogP contribution >= 0.6 is 0 Å². The molecule has 67 heavy (non-hydrogen) atoms. The van der Waals surface area contributed by atoms with Crippen molar-refractivity contribution >= 4 is 29.5 Å². The van der Waals surface area contributed by atoms with E-state index in [1.807, 2.05) is 32.9 Å². The molecule has 0 saturated heterocycles. The highest BCUT2D eigenvalue weighted by atomic mass is 19.1. The van der Waals surface area contributed by atoms with Crippen LogP contribution in [0.2, 0.25) is 0 Å². The molecule has 1 aromatic heterocycles. The predicted molar refractivity (Wildman–Crippen MR) is 251 cm³/mol. The second kappa shape index (κ2) is 22.5. The summed E-state index contributed by atoms with van der Waals surface area (Å²) < 4.78 is 27.6. The Balaban J connectivity index is 1.58. The van der Waals surface area contributed by atoms with E-state index in [2.05, 4.69) is 26.3 Å². The maximum atomic E-state index is 15.5. The average molecular weight is 921 g/mol. The molecule has 5 amide bonds. The molecular formula is C49H61FN10O7. The number of nitrogens with zero attached hydrogens (tertiary/aromatic N) is 3. The zero-order chi connectivity index (χ0) is 49.2. The van der Waals surface area contributed by atoms with Gasteiger partial charge in [-0.25, -0.2) is 4.39 Å². The SMILES string of the molecule is Cc1cc(-c2ccc(C(C)(C)C)cc2F)nc(C)c1C(=O)NC(CCN)C(=O)N(C)[C@@H]1C(=O)N[C@@H](C)C(=O)N[C@H](C(=O)NCC#N)Cc2ccc(OCCN)c(c2)-c2cc1ccc2OCCN. The molecule has 4 aromatic rings. The van der Waals surface area contributed by atoms with Crippen LogP contribution in [0, 0.1) is 31.0 Å². The minimum Gasteiger partial charge on any atom is -0.492 e. The normalized spacial score (nSPS) is 16.6. The molecule has 0 aliphatic carbocycles. The number of aromatic nitrogens is 1. The molecule has 0 spiro atoms. The van der Waals surface area contributed by atoms with E-state index in [4.69, 9.17) is 31.9 Å². The van der Waals surface area contributed by atoms with Crippen LogP contribution < -0.4 is 47.9 Å². The van der Waals surface area contributed by atoms with Crippen molar-refractivity contribution in [3.63, 3.8) is 0 Å². The first-order valence-electron chi connectivity index (χ1n) is 22.1. The third-order valence-corrected chi connectivity index (χ3v) is 11.3. The van der Waals surface area contributed by atoms with Crippen molar-refractivity contribution in [1.29, 1.82) is 5.26 Å². The number of benzene rings is 3. The number of ether oxygens (including phenoxy) is 2. The quantitative estimate of drug-likeness (QED) is 0.0849. The van der Waals surface area contributed by atoms with Gasteiger partial charge in [-0.3, -0.25) is 29.0 Å². The Bertz CT molecular complexity index is 2520. The second-order valence-corrected chi connectivity index (χ2v) is 17.4. The van der Waals surface area contributed by atoms with Crippen molar-refractivity contribution in [1.82, 2.24) is 31.2 Å². The lowest BCUT2D eigenvalue weighted by Crippen LogP contribution is -2.56. The highest BCUT2D eigenvalue weighted by Gasteiger charge is 2.36. The Labute approximate surface area is 390 Å². The number of carbonyl (C=O) groups excluding carboxylic acids is 5. The molecule has 10 N–H and O–H groups in total. The number of carbonyl (C=O) groups is 5. The zero-order valence-corrected chi connectivity index (χ0v) is 39.0. The standard InChI is InChI=1S/C49H61FN10O7/c1-27-22-38(33-11-10-32(26-36(33)50)49(4,5)6)56-28(2)42(27)46(63)58-37(14-15-51)48(65)60(7)43-31-9-13-41(67-21-18-54)35(25-31)34-23-30(8-12-40(34)66-20-17-53)24-39(45(62)55-19-16-52)59-44(61)29(3)57-47(43)64/h8-13,22-23,25-26,29,37,39,43H,14-15,17-21,24,51,53-54H2,1-7H3,(H,55,62)(H,57,64)(H,58,63)(H,59,61)/t29-,37?,39-,43-/m0/s1. The summed E-state index contributed by atoms with van der Waals surface area (Å²) in [5.74, 6) is -3.16. The lowest BCUT2D eigenvalue weighted by molar-refractivity contribution is -0.141. The summed E-state index contributed by atoms with van der Waals surface area (Å²) in [5.41, 5.74) is 21.6. The molecule has 3 aromatic carbocycles. The molecule has 1 unspecified atom stereocenters. The smallest absolute Gasteiger partial charge is 0.254 e. The van der Waals surface area contributed by atoms with Gasteiger partial charge in [-0.1, -0.05) is 39.0 Å². The van der Waals surface area contributed by atoms with Crippen LogP contribution in [0.25, 0.3) is 22.4 Å². The number of fused-ring (bicyclic) bond motifs is 5. The van der Waals surface area contributed by atoms with Gasteiger partial charge in [0.15, 0.2) is 0 Å². The number of nitrogens with two attached hydrogens (primary N) is 3. The number of likely N-dealkylation sites (N-methyl/N-ethyl adjacent to an activating group) is 1. The van der Waals surface area contributed by atoms with E-state index in [0.717, 1.165) is 10.5 Å². The maximum absolute atomic E-state index is 15.5. The molecule has 17 nitrogen and oxygen atoms in total. The summed E-state index contributed by atoms with van der Waals surface area (Å²) in [5, 5.41) is 19.9. The van der Waals surface area contributed by atoms with Crippen LogP contribution in [0.4, 0.5) is 4.39 Å². The van der Waals surface area contributed by atoms with Crippen molar-refractivity contribution in [2.75, 3.05) is 46.4 Å². The lowest BCUT2D eigenvalue weighted by atomic mass is 9.86. The Morgan fingerprint density at radius 2 is 1.57 bits per heavy atom. The number of aryl methyl sites for hydroxylation is 2. The van der Waals surface area contributed by atoms with Gasteiger partial charge < -0.3 is 52.8 Å². The Kier molecular flexibility index (Phi) is 17.1. The highest BCUT2D eigenvalue weighted by molar-refractivity contribution is 6.01. The summed E-state index contributed by atoms with van der Waals surface area (Å²) in [6.45, 7) is 11.0. The molecule has 356 valence electrons. The summed E-state index contributed by atoms with van der Waals surface area (Å²) in [4.78, 5) is 76.3. The van der Waals surface area contributed by atoms with E-state index in [0.29, 0.717) is 50.7 Å². The summed E-state index contributed by atoms with van der Waals surface area (Å²) in [7, 11) is 1.40. The highest BCUT2D eigenvalue weighted by Crippen LogP contribution is 2.40. The van der Waals surface area contributed by atoms with Crippen molar-refractivity contribution in [3.05, 3.63) is 100.0 Å². The van der Waals surface area contributed by atoms with Crippen molar-refractivity contribution < 1.29 is 37.8 Å². The minimum atomic E-state index is -1.43. The fraction of sp³-hybridized carbons (Fsp3) is 0.408. The summed E-state index contributed by atoms with van der Waals surface area (Å²) in [6, 6.07) is 13.5. The van der Waals surface area contributed by atoms with Crippen molar-refractivity contribution in [2.45, 2.75) is 84.0 Å². The molecule has 0 fully saturated rings. The summed E-state index contributed by atoms with van der Waals surface area (Å²) >= 11 is 0. The summed E-state index contributed by atoms with van der Waals surface area (Å²) in [6.07, 6.45) is -0.0398. The first-order valence-corrected chi connectivity index (χ1v) is 22.1. The van der Waals surface area contributed by atoms with Gasteiger partial charge in [0.1, 0.15) is 61.2 Å². The first-order chi connectivity index (χ1) is 31.8. The minimum absolute atomic E-state index is 0.0100. The van der Waals surface area contributed by atoms with Crippen LogP contribution in [0.1, 0.15) is 78.5 Å². The predicted octanol–water partition coefficient (Wildman–Crippen LogP) is 2.98. The number of hydrogen-bond acceptors (Lipinski definition) is 12. The molecular weight excluding hydrogens is 860 g/mol. The number of nitriles is 1. The second-order valence-electron chi connectivity index (χ2n) is 17.4. The maximum Gasteiger partial charge on any atom is 0.254 e. The Morgan fingerprint density at radius 3 is 2.16 bits per heavy atom. The number of amides is 5. The van der Waals surface area contributed by atoms with Crippen molar-refractivity contribution in [3.8, 4) is 40.0 Å². The van der Waals surface area contributed by atoms with Crippen LogP contribution in [-0.2, 0) is 31.0 Å². The van der Waals surface area contributed by atoms with E-state index in [1.54, 1.807) is 62.4 Å². The van der Waals surface area contributed by atoms with Gasteiger partial charge in [0, 0.05) is 43.2 Å². The van der Waals surface area contributed by atoms with Crippen LogP contribution in [0.3, 0.4) is 0 Å². The van der Waals surface area contributed by atoms with Crippen LogP contribution in [-0.4, -0.2) is 104 Å². The van der Waals surface area contributed by atoms with Gasteiger partial charge in [-0.15, -0.1) is 0 Å². The molecule has 2 heterocycles. The van der Waals surface area contributed by atoms with Gasteiger partial charge in [0.05, 0.1) is 23.0 Å². The zero-order valence-electron chi connectivity index (χ0n) is 39.0. The monoisotopic (exact) mass is 920 g/mol. The molecule has 4 bridgehead atoms. The van der Waals surface area contributed by atoms with Crippen LogP contribution in [0.15, 0.2) is 60.7 Å². The molecule has 1 aliphatic heterocycles. The molecule has 5 rings (SSSR count). The fourth-order valence-corrected chi connectivity index (χ4v) is 7.86. The van der Waals surface area contributed by atoms with Gasteiger partial charge in [0.2, 0.25) is 23.6 Å². The van der Waals surface area contributed by atoms with Crippen molar-refractivity contribution in [2.24, 2.45) is 17.2 Å². The number of rotatable bonds is 15. The topological polar surface area (TPSA) is 270 Å². The molecule has 0 saturated carbocycles. The molecule has 0 radical (unpaired) electrons. The van der Waals surface area contributed by atoms with E-state index < -0.39 is 59.5 Å². The van der Waals surface area contributed by atoms with Crippen LogP contribution in [0.5, 0.6) is 11.5 Å². The number of nitrogens with one attached hydrogen (secondary N) is 4. The van der Waals surface area contributed by atoms with E-state index in [-0.39, 0.29) is 68.8 Å². The molecule has 18 heteroatoms. The Hall–Kier alpha value is -6.94. The number of hydrogen-bond donors (Lipinski definition) is 7. The molecule has 4 atom stereocenters. The Morgan fingerprint density at radius 1 is 0.910 bits per heavy atom. The third-order valence-electron chi connectivity index (χ3n) is 11.3.